The van der Waals surface area contributed by atoms with Crippen LogP contribution in [-0.2, 0) is 14.3 Å². The third-order valence-electron chi connectivity index (χ3n) is 3.19. The fourth-order valence-corrected chi connectivity index (χ4v) is 2.03. The summed E-state index contributed by atoms with van der Waals surface area (Å²) in [6.45, 7) is 3.37. The zero-order valence-electron chi connectivity index (χ0n) is 11.5. The Balaban J connectivity index is 2.14. The molecule has 1 rings (SSSR count). The molecule has 3 nitrogen and oxygen atoms in total. The Kier molecular flexibility index (Phi) is 8.78. The van der Waals surface area contributed by atoms with E-state index in [0.717, 1.165) is 50.6 Å². The Morgan fingerprint density at radius 3 is 2.89 bits per heavy atom. The third kappa shape index (κ3) is 6.92. The molecule has 104 valence electrons. The first-order chi connectivity index (χ1) is 8.86. The van der Waals surface area contributed by atoms with Gasteiger partial charge < -0.3 is 9.47 Å². The largest absolute Gasteiger partial charge is 0.353 e. The van der Waals surface area contributed by atoms with Crippen LogP contribution < -0.4 is 0 Å². The van der Waals surface area contributed by atoms with Crippen LogP contribution in [0.25, 0.3) is 0 Å². The molecule has 1 fully saturated rings. The van der Waals surface area contributed by atoms with Crippen LogP contribution in [0.4, 0.5) is 0 Å². The Labute approximate surface area is 111 Å². The predicted molar refractivity (Wildman–Crippen MR) is 72.4 cm³/mol. The maximum absolute atomic E-state index is 10.9. The molecule has 0 spiro atoms. The minimum atomic E-state index is -0.109. The number of hydrogen-bond acceptors (Lipinski definition) is 3. The molecule has 18 heavy (non-hydrogen) atoms. The standard InChI is InChI=1S/C15H26O3/c1-2-3-4-5-6-9-14(12-16)13-18-15-10-7-8-11-17-15/h9,12,15H,2-8,10-11,13H2,1H3/b14-9-. The molecule has 0 amide bonds. The first-order valence-electron chi connectivity index (χ1n) is 7.24. The summed E-state index contributed by atoms with van der Waals surface area (Å²) in [7, 11) is 0. The third-order valence-corrected chi connectivity index (χ3v) is 3.19. The molecule has 1 aliphatic rings. The number of aldehydes is 1. The second kappa shape index (κ2) is 10.3. The zero-order chi connectivity index (χ0) is 13.1. The van der Waals surface area contributed by atoms with Crippen LogP contribution in [0.3, 0.4) is 0 Å². The monoisotopic (exact) mass is 254 g/mol. The Morgan fingerprint density at radius 1 is 1.33 bits per heavy atom. The lowest BCUT2D eigenvalue weighted by Crippen LogP contribution is -2.23. The van der Waals surface area contributed by atoms with Crippen molar-refractivity contribution in [3.8, 4) is 0 Å². The summed E-state index contributed by atoms with van der Waals surface area (Å²) in [4.78, 5) is 10.9. The van der Waals surface area contributed by atoms with E-state index in [1.54, 1.807) is 0 Å². The van der Waals surface area contributed by atoms with Crippen LogP contribution in [0.15, 0.2) is 11.6 Å². The first-order valence-corrected chi connectivity index (χ1v) is 7.24. The number of carbonyl (C=O) groups excluding carboxylic acids is 1. The van der Waals surface area contributed by atoms with Gasteiger partial charge in [-0.2, -0.15) is 0 Å². The highest BCUT2D eigenvalue weighted by atomic mass is 16.7. The van der Waals surface area contributed by atoms with Gasteiger partial charge in [-0.1, -0.05) is 32.3 Å². The fraction of sp³-hybridized carbons (Fsp3) is 0.800. The van der Waals surface area contributed by atoms with Gasteiger partial charge in [-0.05, 0) is 32.1 Å². The van der Waals surface area contributed by atoms with E-state index in [1.807, 2.05) is 6.08 Å². The summed E-state index contributed by atoms with van der Waals surface area (Å²) < 4.78 is 11.1. The SMILES string of the molecule is CCCCCC/C=C(/C=O)COC1CCCCO1. The molecule has 0 aromatic heterocycles. The van der Waals surface area contributed by atoms with Crippen molar-refractivity contribution < 1.29 is 14.3 Å². The Hall–Kier alpha value is -0.670. The molecule has 0 aromatic carbocycles. The van der Waals surface area contributed by atoms with E-state index in [9.17, 15) is 4.79 Å². The van der Waals surface area contributed by atoms with Gasteiger partial charge in [0.05, 0.1) is 6.61 Å². The number of rotatable bonds is 9. The average molecular weight is 254 g/mol. The summed E-state index contributed by atoms with van der Waals surface area (Å²) in [6, 6.07) is 0. The molecule has 0 saturated carbocycles. The van der Waals surface area contributed by atoms with Crippen molar-refractivity contribution in [2.45, 2.75) is 64.6 Å². The molecule has 1 saturated heterocycles. The normalized spacial score (nSPS) is 20.9. The van der Waals surface area contributed by atoms with Crippen LogP contribution in [-0.4, -0.2) is 25.8 Å². The van der Waals surface area contributed by atoms with Crippen molar-refractivity contribution in [1.82, 2.24) is 0 Å². The molecular formula is C15H26O3. The van der Waals surface area contributed by atoms with E-state index in [0.29, 0.717) is 6.61 Å². The Bertz CT molecular complexity index is 242. The number of carbonyl (C=O) groups is 1. The van der Waals surface area contributed by atoms with Crippen LogP contribution in [0.2, 0.25) is 0 Å². The molecule has 0 N–H and O–H groups in total. The summed E-state index contributed by atoms with van der Waals surface area (Å²) in [6.07, 6.45) is 11.9. The van der Waals surface area contributed by atoms with E-state index >= 15 is 0 Å². The van der Waals surface area contributed by atoms with Gasteiger partial charge in [0.1, 0.15) is 6.29 Å². The summed E-state index contributed by atoms with van der Waals surface area (Å²) in [5.74, 6) is 0. The second-order valence-corrected chi connectivity index (χ2v) is 4.85. The molecule has 1 heterocycles. The summed E-state index contributed by atoms with van der Waals surface area (Å²) in [5, 5.41) is 0. The number of unbranched alkanes of at least 4 members (excludes halogenated alkanes) is 4. The number of hydrogen-bond donors (Lipinski definition) is 0. The van der Waals surface area contributed by atoms with E-state index in [2.05, 4.69) is 6.92 Å². The zero-order valence-corrected chi connectivity index (χ0v) is 11.5. The van der Waals surface area contributed by atoms with Crippen molar-refractivity contribution in [1.29, 1.82) is 0 Å². The maximum atomic E-state index is 10.9. The van der Waals surface area contributed by atoms with Gasteiger partial charge in [0, 0.05) is 12.2 Å². The molecule has 0 aromatic rings. The van der Waals surface area contributed by atoms with Gasteiger partial charge in [0.15, 0.2) is 6.29 Å². The van der Waals surface area contributed by atoms with E-state index in [-0.39, 0.29) is 6.29 Å². The smallest absolute Gasteiger partial charge is 0.158 e. The maximum Gasteiger partial charge on any atom is 0.158 e. The fourth-order valence-electron chi connectivity index (χ4n) is 2.03. The molecule has 0 bridgehead atoms. The predicted octanol–water partition coefficient (Wildman–Crippen LogP) is 3.63. The highest BCUT2D eigenvalue weighted by Gasteiger charge is 2.14. The first kappa shape index (κ1) is 15.4. The average Bonchev–Trinajstić information content (AvgIpc) is 2.43. The van der Waals surface area contributed by atoms with E-state index < -0.39 is 0 Å². The lowest BCUT2D eigenvalue weighted by molar-refractivity contribution is -0.157. The molecule has 0 radical (unpaired) electrons. The van der Waals surface area contributed by atoms with Gasteiger partial charge in [-0.25, -0.2) is 0 Å². The number of allylic oxidation sites excluding steroid dienone is 1. The quantitative estimate of drug-likeness (QED) is 0.358. The van der Waals surface area contributed by atoms with Crippen molar-refractivity contribution in [3.05, 3.63) is 11.6 Å². The molecular weight excluding hydrogens is 228 g/mol. The van der Waals surface area contributed by atoms with Gasteiger partial charge >= 0.3 is 0 Å². The van der Waals surface area contributed by atoms with Gasteiger partial charge in [0.25, 0.3) is 0 Å². The minimum Gasteiger partial charge on any atom is -0.353 e. The van der Waals surface area contributed by atoms with Crippen LogP contribution in [0.5, 0.6) is 0 Å². The van der Waals surface area contributed by atoms with Crippen molar-refractivity contribution in [3.63, 3.8) is 0 Å². The van der Waals surface area contributed by atoms with E-state index in [4.69, 9.17) is 9.47 Å². The van der Waals surface area contributed by atoms with E-state index in [1.165, 1.54) is 19.3 Å². The van der Waals surface area contributed by atoms with Crippen molar-refractivity contribution >= 4 is 6.29 Å². The van der Waals surface area contributed by atoms with Gasteiger partial charge in [-0.15, -0.1) is 0 Å². The molecule has 1 aliphatic heterocycles. The van der Waals surface area contributed by atoms with Crippen LogP contribution in [0, 0.1) is 0 Å². The molecule has 0 aliphatic carbocycles. The topological polar surface area (TPSA) is 35.5 Å². The molecule has 1 atom stereocenters. The highest BCUT2D eigenvalue weighted by molar-refractivity contribution is 5.73. The van der Waals surface area contributed by atoms with Crippen molar-refractivity contribution in [2.75, 3.05) is 13.2 Å². The second-order valence-electron chi connectivity index (χ2n) is 4.85. The van der Waals surface area contributed by atoms with Gasteiger partial charge in [0.2, 0.25) is 0 Å². The number of ether oxygens (including phenoxy) is 2. The lowest BCUT2D eigenvalue weighted by atomic mass is 10.1. The lowest BCUT2D eigenvalue weighted by Gasteiger charge is -2.22. The minimum absolute atomic E-state index is 0.109. The van der Waals surface area contributed by atoms with Crippen LogP contribution in [0.1, 0.15) is 58.3 Å². The highest BCUT2D eigenvalue weighted by Crippen LogP contribution is 2.14. The summed E-state index contributed by atoms with van der Waals surface area (Å²) >= 11 is 0. The molecule has 3 heteroatoms. The Morgan fingerprint density at radius 2 is 2.22 bits per heavy atom. The summed E-state index contributed by atoms with van der Waals surface area (Å²) in [5.41, 5.74) is 0.751. The van der Waals surface area contributed by atoms with Gasteiger partial charge in [-0.3, -0.25) is 4.79 Å². The molecule has 1 unspecified atom stereocenters. The van der Waals surface area contributed by atoms with Crippen molar-refractivity contribution in [2.24, 2.45) is 0 Å². The van der Waals surface area contributed by atoms with Crippen LogP contribution >= 0.6 is 0 Å².